The van der Waals surface area contributed by atoms with E-state index >= 15 is 0 Å². The quantitative estimate of drug-likeness (QED) is 0.146. The molecule has 4 unspecified atom stereocenters. The molecular formula is C38H30N6O7. The number of benzene rings is 4. The molecule has 254 valence electrons. The van der Waals surface area contributed by atoms with Crippen LogP contribution in [0.2, 0.25) is 0 Å². The zero-order valence-electron chi connectivity index (χ0n) is 26.9. The molecule has 2 aromatic heterocycles. The standard InChI is InChI=1S/C38H30N6O7/c45-35(24-13-5-1-6-14-24)41-33-30-34(40-23-39-33)44(43-42-30)29-21-28(22-49-36(46)25-15-7-2-8-16-25)31(50-37(47)26-17-9-3-10-18-26)32(29)51-38(48)27-19-11-4-12-20-27/h1-20,23,28-29,31-32H,21-22H2,(H,39,40,41,45). The number of amides is 1. The van der Waals surface area contributed by atoms with E-state index in [9.17, 15) is 19.2 Å². The number of carbonyl (C=O) groups is 4. The molecule has 6 aromatic rings. The first-order valence-corrected chi connectivity index (χ1v) is 16.1. The van der Waals surface area contributed by atoms with Crippen molar-refractivity contribution in [1.29, 1.82) is 0 Å². The predicted molar refractivity (Wildman–Crippen MR) is 183 cm³/mol. The Balaban J connectivity index is 1.25. The lowest BCUT2D eigenvalue weighted by molar-refractivity contribution is -0.0501. The summed E-state index contributed by atoms with van der Waals surface area (Å²) in [4.78, 5) is 61.7. The Hall–Kier alpha value is -6.76. The number of rotatable bonds is 10. The summed E-state index contributed by atoms with van der Waals surface area (Å²) in [5.41, 5.74) is 1.74. The fourth-order valence-corrected chi connectivity index (χ4v) is 6.00. The molecule has 7 rings (SSSR count). The molecule has 0 saturated heterocycles. The molecule has 51 heavy (non-hydrogen) atoms. The monoisotopic (exact) mass is 682 g/mol. The van der Waals surface area contributed by atoms with Crippen LogP contribution in [0, 0.1) is 5.92 Å². The molecule has 1 aliphatic rings. The highest BCUT2D eigenvalue weighted by atomic mass is 16.6. The van der Waals surface area contributed by atoms with Crippen molar-refractivity contribution in [2.24, 2.45) is 5.92 Å². The Labute approximate surface area is 291 Å². The van der Waals surface area contributed by atoms with Gasteiger partial charge in [0.05, 0.1) is 29.3 Å². The van der Waals surface area contributed by atoms with Gasteiger partial charge < -0.3 is 19.5 Å². The van der Waals surface area contributed by atoms with Crippen molar-refractivity contribution in [2.75, 3.05) is 11.9 Å². The lowest BCUT2D eigenvalue weighted by atomic mass is 10.1. The van der Waals surface area contributed by atoms with Gasteiger partial charge in [-0.3, -0.25) is 4.79 Å². The summed E-state index contributed by atoms with van der Waals surface area (Å²) in [5.74, 6) is -2.82. The SMILES string of the molecule is O=C(Nc1ncnc2c1nnn2C1CC(COC(=O)c2ccccc2)C(OC(=O)c2ccccc2)C1OC(=O)c1ccccc1)c1ccccc1. The molecule has 0 spiro atoms. The minimum absolute atomic E-state index is 0.122. The Morgan fingerprint density at radius 3 is 1.73 bits per heavy atom. The molecular weight excluding hydrogens is 652 g/mol. The number of nitrogens with one attached hydrogen (secondary N) is 1. The minimum Gasteiger partial charge on any atom is -0.462 e. The summed E-state index contributed by atoms with van der Waals surface area (Å²) in [6.45, 7) is -0.170. The predicted octanol–water partition coefficient (Wildman–Crippen LogP) is 5.34. The molecule has 4 aromatic carbocycles. The number of hydrogen-bond acceptors (Lipinski definition) is 11. The second kappa shape index (κ2) is 14.8. The van der Waals surface area contributed by atoms with Gasteiger partial charge in [-0.1, -0.05) is 78.0 Å². The molecule has 4 atom stereocenters. The average Bonchev–Trinajstić information content (AvgIpc) is 3.76. The van der Waals surface area contributed by atoms with Crippen molar-refractivity contribution in [3.05, 3.63) is 150 Å². The van der Waals surface area contributed by atoms with E-state index in [0.717, 1.165) is 0 Å². The Kier molecular flexibility index (Phi) is 9.50. The first kappa shape index (κ1) is 32.8. The summed E-state index contributed by atoms with van der Waals surface area (Å²) < 4.78 is 19.4. The van der Waals surface area contributed by atoms with Gasteiger partial charge in [-0.15, -0.1) is 5.10 Å². The number of aromatic nitrogens is 5. The van der Waals surface area contributed by atoms with E-state index in [2.05, 4.69) is 25.6 Å². The van der Waals surface area contributed by atoms with Gasteiger partial charge in [-0.05, 0) is 55.0 Å². The lowest BCUT2D eigenvalue weighted by Gasteiger charge is -2.27. The van der Waals surface area contributed by atoms with E-state index in [-0.39, 0.29) is 41.1 Å². The van der Waals surface area contributed by atoms with E-state index in [1.165, 1.54) is 11.0 Å². The summed E-state index contributed by atoms with van der Waals surface area (Å²) in [5, 5.41) is 11.4. The van der Waals surface area contributed by atoms with Gasteiger partial charge in [0.25, 0.3) is 5.91 Å². The van der Waals surface area contributed by atoms with Crippen LogP contribution in [-0.2, 0) is 14.2 Å². The van der Waals surface area contributed by atoms with Crippen LogP contribution < -0.4 is 5.32 Å². The number of fused-ring (bicyclic) bond motifs is 1. The number of hydrogen-bond donors (Lipinski definition) is 1. The summed E-state index contributed by atoms with van der Waals surface area (Å²) in [6, 6.07) is 33.1. The molecule has 0 radical (unpaired) electrons. The zero-order chi connectivity index (χ0) is 35.2. The van der Waals surface area contributed by atoms with Crippen LogP contribution in [0.5, 0.6) is 0 Å². The smallest absolute Gasteiger partial charge is 0.338 e. The second-order valence-electron chi connectivity index (χ2n) is 11.7. The lowest BCUT2D eigenvalue weighted by Crippen LogP contribution is -2.39. The Morgan fingerprint density at radius 2 is 1.16 bits per heavy atom. The molecule has 0 bridgehead atoms. The van der Waals surface area contributed by atoms with Crippen molar-refractivity contribution in [1.82, 2.24) is 25.0 Å². The van der Waals surface area contributed by atoms with Crippen molar-refractivity contribution in [2.45, 2.75) is 24.7 Å². The third kappa shape index (κ3) is 7.17. The average molecular weight is 683 g/mol. The van der Waals surface area contributed by atoms with Crippen LogP contribution in [-0.4, -0.2) is 67.6 Å². The van der Waals surface area contributed by atoms with Crippen molar-refractivity contribution in [3.8, 4) is 0 Å². The molecule has 1 N–H and O–H groups in total. The third-order valence-electron chi connectivity index (χ3n) is 8.50. The van der Waals surface area contributed by atoms with E-state index in [1.54, 1.807) is 121 Å². The third-order valence-corrected chi connectivity index (χ3v) is 8.50. The maximum absolute atomic E-state index is 13.6. The summed E-state index contributed by atoms with van der Waals surface area (Å²) in [7, 11) is 0. The van der Waals surface area contributed by atoms with Gasteiger partial charge in [0.2, 0.25) is 0 Å². The van der Waals surface area contributed by atoms with Crippen molar-refractivity contribution < 1.29 is 33.4 Å². The number of esters is 3. The highest BCUT2D eigenvalue weighted by Crippen LogP contribution is 2.41. The maximum atomic E-state index is 13.6. The van der Waals surface area contributed by atoms with Gasteiger partial charge >= 0.3 is 17.9 Å². The van der Waals surface area contributed by atoms with Gasteiger partial charge in [0, 0.05) is 11.5 Å². The second-order valence-corrected chi connectivity index (χ2v) is 11.7. The van der Waals surface area contributed by atoms with E-state index in [1.807, 2.05) is 0 Å². The number of ether oxygens (including phenoxy) is 3. The Bertz CT molecular complexity index is 2160. The normalized spacial score (nSPS) is 18.1. The van der Waals surface area contributed by atoms with Gasteiger partial charge in [0.15, 0.2) is 23.1 Å². The molecule has 1 saturated carbocycles. The highest BCUT2D eigenvalue weighted by Gasteiger charge is 2.51. The topological polar surface area (TPSA) is 164 Å². The van der Waals surface area contributed by atoms with Gasteiger partial charge in [0.1, 0.15) is 12.4 Å². The highest BCUT2D eigenvalue weighted by molar-refractivity contribution is 6.06. The first-order valence-electron chi connectivity index (χ1n) is 16.1. The van der Waals surface area contributed by atoms with Crippen LogP contribution in [0.3, 0.4) is 0 Å². The van der Waals surface area contributed by atoms with Crippen LogP contribution in [0.4, 0.5) is 5.82 Å². The maximum Gasteiger partial charge on any atom is 0.338 e. The fourth-order valence-electron chi connectivity index (χ4n) is 6.00. The largest absolute Gasteiger partial charge is 0.462 e. The summed E-state index contributed by atoms with van der Waals surface area (Å²) in [6.07, 6.45) is -0.782. The fraction of sp³-hybridized carbons (Fsp3) is 0.158. The molecule has 1 amide bonds. The summed E-state index contributed by atoms with van der Waals surface area (Å²) >= 11 is 0. The minimum atomic E-state index is -1.13. The zero-order valence-corrected chi connectivity index (χ0v) is 26.9. The van der Waals surface area contributed by atoms with Crippen LogP contribution in [0.15, 0.2) is 128 Å². The van der Waals surface area contributed by atoms with Crippen LogP contribution in [0.1, 0.15) is 53.9 Å². The van der Waals surface area contributed by atoms with Crippen molar-refractivity contribution in [3.63, 3.8) is 0 Å². The number of anilines is 1. The van der Waals surface area contributed by atoms with E-state index in [4.69, 9.17) is 14.2 Å². The van der Waals surface area contributed by atoms with Crippen LogP contribution in [0.25, 0.3) is 11.2 Å². The van der Waals surface area contributed by atoms with Gasteiger partial charge in [-0.2, -0.15) is 0 Å². The van der Waals surface area contributed by atoms with Crippen LogP contribution >= 0.6 is 0 Å². The van der Waals surface area contributed by atoms with Crippen molar-refractivity contribution >= 4 is 40.8 Å². The van der Waals surface area contributed by atoms with E-state index in [0.29, 0.717) is 11.1 Å². The Morgan fingerprint density at radius 1 is 0.647 bits per heavy atom. The molecule has 1 aliphatic carbocycles. The van der Waals surface area contributed by atoms with Gasteiger partial charge in [-0.25, -0.2) is 29.0 Å². The molecule has 1 fully saturated rings. The molecule has 13 heteroatoms. The first-order chi connectivity index (χ1) is 25.0. The molecule has 2 heterocycles. The molecule has 0 aliphatic heterocycles. The van der Waals surface area contributed by atoms with E-state index < -0.39 is 48.0 Å². The number of nitrogens with zero attached hydrogens (tertiary/aromatic N) is 5. The number of carbonyl (C=O) groups excluding carboxylic acids is 4. The molecule has 13 nitrogen and oxygen atoms in total.